The molecule has 0 fully saturated rings. The van der Waals surface area contributed by atoms with E-state index in [-0.39, 0.29) is 24.0 Å². The van der Waals surface area contributed by atoms with Crippen LogP contribution >= 0.6 is 24.0 Å². The van der Waals surface area contributed by atoms with Crippen LogP contribution in [-0.2, 0) is 10.0 Å². The number of nitrogens with zero attached hydrogens (tertiary/aromatic N) is 1. The summed E-state index contributed by atoms with van der Waals surface area (Å²) in [4.78, 5) is 4.16. The molecule has 6 nitrogen and oxygen atoms in total. The molecule has 0 aliphatic heterocycles. The Kier molecular flexibility index (Phi) is 14.3. The quantitative estimate of drug-likeness (QED) is 0.185. The van der Waals surface area contributed by atoms with E-state index in [9.17, 15) is 8.42 Å². The van der Waals surface area contributed by atoms with Gasteiger partial charge >= 0.3 is 0 Å². The summed E-state index contributed by atoms with van der Waals surface area (Å²) in [6.45, 7) is 9.54. The molecule has 0 rings (SSSR count). The Morgan fingerprint density at radius 3 is 2.17 bits per heavy atom. The zero-order valence-corrected chi connectivity index (χ0v) is 19.3. The Hall–Kier alpha value is -0.0900. The summed E-state index contributed by atoms with van der Waals surface area (Å²) in [5, 5.41) is 6.43. The lowest BCUT2D eigenvalue weighted by molar-refractivity contribution is 0.446. The predicted octanol–water partition coefficient (Wildman–Crippen LogP) is 2.70. The molecule has 0 atom stereocenters. The highest BCUT2D eigenvalue weighted by atomic mass is 127. The monoisotopic (exact) mass is 476 g/mol. The van der Waals surface area contributed by atoms with Crippen LogP contribution in [-0.4, -0.2) is 46.3 Å². The topological polar surface area (TPSA) is 82.6 Å². The summed E-state index contributed by atoms with van der Waals surface area (Å²) in [5.74, 6) is 1.50. The number of aliphatic imine (C=N–C) groups is 1. The van der Waals surface area contributed by atoms with E-state index in [1.165, 1.54) is 31.9 Å². The number of unbranched alkanes of at least 4 members (excludes halogenated alkanes) is 3. The molecule has 0 aliphatic carbocycles. The summed E-state index contributed by atoms with van der Waals surface area (Å²) in [6.07, 6.45) is 7.38. The maximum Gasteiger partial charge on any atom is 0.209 e. The SMILES string of the molecule is CN=C(NCCCCCCC(C)C)NCC(C)(C)NS(C)(=O)=O.I. The Bertz CT molecular complexity index is 451. The number of hydrogen-bond donors (Lipinski definition) is 3. The van der Waals surface area contributed by atoms with Crippen LogP contribution in [0.1, 0.15) is 59.8 Å². The lowest BCUT2D eigenvalue weighted by Crippen LogP contribution is -2.53. The number of guanidine groups is 1. The molecule has 0 spiro atoms. The van der Waals surface area contributed by atoms with Crippen molar-refractivity contribution in [3.8, 4) is 0 Å². The van der Waals surface area contributed by atoms with Gasteiger partial charge in [-0.2, -0.15) is 0 Å². The standard InChI is InChI=1S/C16H36N4O2S.HI/c1-14(2)11-9-7-8-10-12-18-15(17-5)19-13-16(3,4)20-23(6,21)22;/h14,20H,7-13H2,1-6H3,(H2,17,18,19);1H. The smallest absolute Gasteiger partial charge is 0.209 e. The fraction of sp³-hybridized carbons (Fsp3) is 0.938. The molecule has 24 heavy (non-hydrogen) atoms. The van der Waals surface area contributed by atoms with Crippen LogP contribution in [0.15, 0.2) is 4.99 Å². The van der Waals surface area contributed by atoms with Crippen LogP contribution < -0.4 is 15.4 Å². The molecular weight excluding hydrogens is 439 g/mol. The summed E-state index contributed by atoms with van der Waals surface area (Å²) < 4.78 is 25.2. The number of rotatable bonds is 11. The molecule has 146 valence electrons. The highest BCUT2D eigenvalue weighted by Crippen LogP contribution is 2.08. The average Bonchev–Trinajstić information content (AvgIpc) is 2.38. The molecule has 0 heterocycles. The lowest BCUT2D eigenvalue weighted by Gasteiger charge is -2.26. The largest absolute Gasteiger partial charge is 0.356 e. The van der Waals surface area contributed by atoms with Gasteiger partial charge in [0.1, 0.15) is 0 Å². The summed E-state index contributed by atoms with van der Waals surface area (Å²) in [6, 6.07) is 0. The molecule has 0 amide bonds. The number of sulfonamides is 1. The van der Waals surface area contributed by atoms with E-state index in [0.717, 1.165) is 18.9 Å². The molecular formula is C16H37IN4O2S. The van der Waals surface area contributed by atoms with Gasteiger partial charge in [0, 0.05) is 25.7 Å². The first-order chi connectivity index (χ1) is 10.6. The van der Waals surface area contributed by atoms with Crippen molar-refractivity contribution in [3.05, 3.63) is 0 Å². The van der Waals surface area contributed by atoms with E-state index in [1.54, 1.807) is 7.05 Å². The minimum atomic E-state index is -3.22. The summed E-state index contributed by atoms with van der Waals surface area (Å²) in [7, 11) is -1.51. The first-order valence-corrected chi connectivity index (χ1v) is 10.4. The summed E-state index contributed by atoms with van der Waals surface area (Å²) >= 11 is 0. The maximum atomic E-state index is 11.3. The van der Waals surface area contributed by atoms with E-state index in [1.807, 2.05) is 13.8 Å². The fourth-order valence-corrected chi connectivity index (χ4v) is 3.38. The van der Waals surface area contributed by atoms with Gasteiger partial charge in [0.2, 0.25) is 10.0 Å². The molecule has 0 aliphatic rings. The number of halogens is 1. The maximum absolute atomic E-state index is 11.3. The molecule has 0 saturated carbocycles. The Morgan fingerprint density at radius 2 is 1.67 bits per heavy atom. The lowest BCUT2D eigenvalue weighted by atomic mass is 10.0. The Morgan fingerprint density at radius 1 is 1.08 bits per heavy atom. The van der Waals surface area contributed by atoms with E-state index >= 15 is 0 Å². The third-order valence-corrected chi connectivity index (χ3v) is 4.31. The second kappa shape index (κ2) is 13.2. The van der Waals surface area contributed by atoms with Gasteiger partial charge in [-0.3, -0.25) is 4.99 Å². The zero-order valence-electron chi connectivity index (χ0n) is 16.1. The van der Waals surface area contributed by atoms with Gasteiger partial charge < -0.3 is 10.6 Å². The predicted molar refractivity (Wildman–Crippen MR) is 115 cm³/mol. The van der Waals surface area contributed by atoms with Crippen LogP contribution in [0.25, 0.3) is 0 Å². The van der Waals surface area contributed by atoms with Gasteiger partial charge in [-0.25, -0.2) is 13.1 Å². The third-order valence-electron chi connectivity index (χ3n) is 3.38. The van der Waals surface area contributed by atoms with Crippen molar-refractivity contribution in [2.75, 3.05) is 26.4 Å². The molecule has 0 radical (unpaired) electrons. The minimum absolute atomic E-state index is 0. The average molecular weight is 476 g/mol. The molecule has 0 aromatic carbocycles. The summed E-state index contributed by atoms with van der Waals surface area (Å²) in [5.41, 5.74) is -0.567. The molecule has 0 aromatic heterocycles. The zero-order chi connectivity index (χ0) is 17.9. The van der Waals surface area contributed by atoms with Crippen LogP contribution in [0.4, 0.5) is 0 Å². The van der Waals surface area contributed by atoms with Gasteiger partial charge in [0.25, 0.3) is 0 Å². The molecule has 0 unspecified atom stereocenters. The van der Waals surface area contributed by atoms with Crippen molar-refractivity contribution in [1.29, 1.82) is 0 Å². The van der Waals surface area contributed by atoms with Crippen molar-refractivity contribution in [2.24, 2.45) is 10.9 Å². The van der Waals surface area contributed by atoms with E-state index in [2.05, 4.69) is 34.2 Å². The number of hydrogen-bond acceptors (Lipinski definition) is 3. The van der Waals surface area contributed by atoms with Crippen molar-refractivity contribution >= 4 is 40.0 Å². The molecule has 8 heteroatoms. The molecule has 0 aromatic rings. The molecule has 0 bridgehead atoms. The fourth-order valence-electron chi connectivity index (χ4n) is 2.30. The van der Waals surface area contributed by atoms with Crippen molar-refractivity contribution in [3.63, 3.8) is 0 Å². The van der Waals surface area contributed by atoms with E-state index in [4.69, 9.17) is 0 Å². The van der Waals surface area contributed by atoms with Crippen LogP contribution in [0.5, 0.6) is 0 Å². The van der Waals surface area contributed by atoms with Gasteiger partial charge in [-0.15, -0.1) is 24.0 Å². The van der Waals surface area contributed by atoms with Crippen molar-refractivity contribution in [1.82, 2.24) is 15.4 Å². The Balaban J connectivity index is 0. The highest BCUT2D eigenvalue weighted by molar-refractivity contribution is 14.0. The minimum Gasteiger partial charge on any atom is -0.356 e. The second-order valence-electron chi connectivity index (χ2n) is 7.21. The third kappa shape index (κ3) is 16.8. The van der Waals surface area contributed by atoms with Gasteiger partial charge in [0.15, 0.2) is 5.96 Å². The molecule has 0 saturated heterocycles. The van der Waals surface area contributed by atoms with Crippen LogP contribution in [0.3, 0.4) is 0 Å². The van der Waals surface area contributed by atoms with Crippen LogP contribution in [0.2, 0.25) is 0 Å². The number of nitrogens with one attached hydrogen (secondary N) is 3. The first kappa shape index (κ1) is 26.1. The van der Waals surface area contributed by atoms with E-state index in [0.29, 0.717) is 12.5 Å². The molecule has 3 N–H and O–H groups in total. The van der Waals surface area contributed by atoms with Gasteiger partial charge in [-0.05, 0) is 26.2 Å². The highest BCUT2D eigenvalue weighted by Gasteiger charge is 2.22. The second-order valence-corrected chi connectivity index (χ2v) is 8.96. The Labute approximate surface area is 166 Å². The van der Waals surface area contributed by atoms with E-state index < -0.39 is 15.6 Å². The van der Waals surface area contributed by atoms with Crippen LogP contribution in [0, 0.1) is 5.92 Å². The van der Waals surface area contributed by atoms with Crippen molar-refractivity contribution in [2.45, 2.75) is 65.3 Å². The van der Waals surface area contributed by atoms with Gasteiger partial charge in [-0.1, -0.05) is 39.5 Å². The van der Waals surface area contributed by atoms with Crippen molar-refractivity contribution < 1.29 is 8.42 Å². The van der Waals surface area contributed by atoms with Gasteiger partial charge in [0.05, 0.1) is 6.26 Å². The normalized spacial score (nSPS) is 12.9. The first-order valence-electron chi connectivity index (χ1n) is 8.49.